The zero-order valence-corrected chi connectivity index (χ0v) is 21.4. The van der Waals surface area contributed by atoms with Crippen molar-refractivity contribution in [3.63, 3.8) is 0 Å². The van der Waals surface area contributed by atoms with Crippen LogP contribution in [-0.2, 0) is 9.59 Å². The van der Waals surface area contributed by atoms with Gasteiger partial charge in [-0.3, -0.25) is 4.79 Å². The highest BCUT2D eigenvalue weighted by atomic mass is 16.4. The maximum atomic E-state index is 12.3. The highest BCUT2D eigenvalue weighted by molar-refractivity contribution is 5.78. The van der Waals surface area contributed by atoms with Crippen molar-refractivity contribution in [1.29, 1.82) is 0 Å². The van der Waals surface area contributed by atoms with Gasteiger partial charge in [0, 0.05) is 6.42 Å². The molecule has 3 atom stereocenters. The smallest absolute Gasteiger partial charge is 0.364 e. The van der Waals surface area contributed by atoms with E-state index >= 15 is 0 Å². The number of amides is 1. The summed E-state index contributed by atoms with van der Waals surface area (Å²) in [6, 6.07) is -1.01. The second-order valence-electron chi connectivity index (χ2n) is 10.00. The van der Waals surface area contributed by atoms with Gasteiger partial charge in [-0.1, -0.05) is 70.9 Å². The molecule has 0 aromatic rings. The van der Waals surface area contributed by atoms with Gasteiger partial charge in [-0.2, -0.15) is 0 Å². The molecule has 0 saturated carbocycles. The molecule has 6 heteroatoms. The number of aliphatic carboxylic acids is 1. The van der Waals surface area contributed by atoms with E-state index in [1.165, 1.54) is 19.3 Å². The minimum absolute atomic E-state index is 0.0484. The molecule has 0 aliphatic carbocycles. The summed E-state index contributed by atoms with van der Waals surface area (Å²) in [5.41, 5.74) is 0. The van der Waals surface area contributed by atoms with E-state index in [9.17, 15) is 19.8 Å². The molecule has 0 aromatic heterocycles. The van der Waals surface area contributed by atoms with Gasteiger partial charge in [0.15, 0.2) is 0 Å². The number of carbonyl (C=O) groups is 2. The predicted octanol–water partition coefficient (Wildman–Crippen LogP) is 5.05. The first-order chi connectivity index (χ1) is 15.1. The fourth-order valence-electron chi connectivity index (χ4n) is 4.10. The van der Waals surface area contributed by atoms with Crippen LogP contribution in [0.4, 0.5) is 0 Å². The number of quaternary nitrogens is 1. The number of nitrogens with zero attached hydrogens (tertiary/aromatic N) is 1. The summed E-state index contributed by atoms with van der Waals surface area (Å²) in [5.74, 6) is -0.923. The summed E-state index contributed by atoms with van der Waals surface area (Å²) >= 11 is 0. The molecule has 1 amide bonds. The Bertz CT molecular complexity index is 528. The van der Waals surface area contributed by atoms with Gasteiger partial charge in [-0.25, -0.2) is 4.79 Å². The standard InChI is InChI=1S/C26H50N2O4/c1-6-8-9-16-19-22(29)20-17-14-12-10-11-13-15-18-21-24(30)27-23(7-2)25(26(31)32)28(3,4)5/h14,17,22-23,25,29H,6-13,15-16,18-21H2,1-5H3,(H-,27,30,31,32)/p+1/t22-,23?,25?/m1/s1. The molecule has 0 aliphatic heterocycles. The van der Waals surface area contributed by atoms with Crippen LogP contribution in [0.15, 0.2) is 12.2 Å². The van der Waals surface area contributed by atoms with Crippen molar-refractivity contribution >= 4 is 11.9 Å². The summed E-state index contributed by atoms with van der Waals surface area (Å²) in [4.78, 5) is 24.0. The molecule has 0 heterocycles. The van der Waals surface area contributed by atoms with Gasteiger partial charge < -0.3 is 20.0 Å². The Labute approximate surface area is 197 Å². The molecule has 0 saturated heterocycles. The Kier molecular flexibility index (Phi) is 17.3. The largest absolute Gasteiger partial charge is 0.477 e. The number of nitrogens with one attached hydrogen (secondary N) is 1. The molecule has 2 unspecified atom stereocenters. The molecule has 0 bridgehead atoms. The number of carboxylic acid groups (broad SMARTS) is 1. The first-order valence-electron chi connectivity index (χ1n) is 12.8. The number of allylic oxidation sites excluding steroid dienone is 1. The summed E-state index contributed by atoms with van der Waals surface area (Å²) < 4.78 is 0.278. The van der Waals surface area contributed by atoms with Crippen molar-refractivity contribution in [2.75, 3.05) is 21.1 Å². The number of likely N-dealkylation sites (N-methyl/N-ethyl adjacent to an activating group) is 1. The lowest BCUT2D eigenvalue weighted by molar-refractivity contribution is -0.888. The lowest BCUT2D eigenvalue weighted by Gasteiger charge is -2.36. The third-order valence-corrected chi connectivity index (χ3v) is 6.00. The lowest BCUT2D eigenvalue weighted by Crippen LogP contribution is -2.60. The van der Waals surface area contributed by atoms with E-state index in [1.54, 1.807) is 0 Å². The second kappa shape index (κ2) is 18.1. The number of hydrogen-bond donors (Lipinski definition) is 3. The van der Waals surface area contributed by atoms with Crippen molar-refractivity contribution in [2.24, 2.45) is 0 Å². The van der Waals surface area contributed by atoms with Crippen LogP contribution < -0.4 is 5.32 Å². The van der Waals surface area contributed by atoms with E-state index in [2.05, 4.69) is 24.4 Å². The summed E-state index contributed by atoms with van der Waals surface area (Å²) in [6.45, 7) is 4.11. The van der Waals surface area contributed by atoms with Crippen LogP contribution in [-0.4, -0.2) is 65.9 Å². The van der Waals surface area contributed by atoms with Crippen molar-refractivity contribution in [1.82, 2.24) is 5.32 Å². The molecule has 188 valence electrons. The zero-order chi connectivity index (χ0) is 24.4. The van der Waals surface area contributed by atoms with Crippen molar-refractivity contribution in [2.45, 2.75) is 122 Å². The van der Waals surface area contributed by atoms with E-state index in [0.29, 0.717) is 12.8 Å². The molecule has 0 spiro atoms. The van der Waals surface area contributed by atoms with E-state index in [0.717, 1.165) is 57.8 Å². The maximum Gasteiger partial charge on any atom is 0.364 e. The number of aliphatic hydroxyl groups is 1. The van der Waals surface area contributed by atoms with Gasteiger partial charge in [0.25, 0.3) is 0 Å². The average Bonchev–Trinajstić information content (AvgIpc) is 2.70. The average molecular weight is 456 g/mol. The Morgan fingerprint density at radius 3 is 2.12 bits per heavy atom. The van der Waals surface area contributed by atoms with Crippen LogP contribution >= 0.6 is 0 Å². The molecule has 32 heavy (non-hydrogen) atoms. The number of aliphatic hydroxyl groups excluding tert-OH is 1. The molecule has 0 radical (unpaired) electrons. The van der Waals surface area contributed by atoms with Crippen LogP contribution in [0.5, 0.6) is 0 Å². The molecule has 6 nitrogen and oxygen atoms in total. The van der Waals surface area contributed by atoms with Crippen LogP contribution in [0.3, 0.4) is 0 Å². The Hall–Kier alpha value is -1.40. The molecule has 0 fully saturated rings. The topological polar surface area (TPSA) is 86.6 Å². The molecule has 0 rings (SSSR count). The van der Waals surface area contributed by atoms with E-state index in [1.807, 2.05) is 28.1 Å². The van der Waals surface area contributed by atoms with Gasteiger partial charge in [-0.05, 0) is 38.5 Å². The lowest BCUT2D eigenvalue weighted by atomic mass is 10.0. The third kappa shape index (κ3) is 15.4. The van der Waals surface area contributed by atoms with Gasteiger partial charge in [0.1, 0.15) is 0 Å². The number of carbonyl (C=O) groups excluding carboxylic acids is 1. The van der Waals surface area contributed by atoms with Crippen LogP contribution in [0.25, 0.3) is 0 Å². The molecule has 0 aliphatic rings. The molecule has 3 N–H and O–H groups in total. The SMILES string of the molecule is CCCCCC[C@@H](O)CC=CCCCCCCCC(=O)NC(CC)C(C(=O)O)[N+](C)(C)C. The van der Waals surface area contributed by atoms with Crippen LogP contribution in [0.2, 0.25) is 0 Å². The van der Waals surface area contributed by atoms with Gasteiger partial charge in [0.2, 0.25) is 11.9 Å². The van der Waals surface area contributed by atoms with E-state index in [-0.39, 0.29) is 22.5 Å². The second-order valence-corrected chi connectivity index (χ2v) is 10.00. The maximum absolute atomic E-state index is 12.3. The Balaban J connectivity index is 3.87. The summed E-state index contributed by atoms with van der Waals surface area (Å²) in [7, 11) is 5.54. The number of unbranched alkanes of at least 4 members (excludes halogenated alkanes) is 8. The van der Waals surface area contributed by atoms with Crippen molar-refractivity contribution in [3.05, 3.63) is 12.2 Å². The first kappa shape index (κ1) is 30.6. The monoisotopic (exact) mass is 455 g/mol. The third-order valence-electron chi connectivity index (χ3n) is 6.00. The minimum atomic E-state index is -0.875. The van der Waals surface area contributed by atoms with Crippen molar-refractivity contribution < 1.29 is 24.3 Å². The number of carboxylic acids is 1. The fourth-order valence-corrected chi connectivity index (χ4v) is 4.10. The highest BCUT2D eigenvalue weighted by Gasteiger charge is 2.39. The van der Waals surface area contributed by atoms with E-state index in [4.69, 9.17) is 0 Å². The first-order valence-corrected chi connectivity index (χ1v) is 12.8. The Morgan fingerprint density at radius 1 is 0.906 bits per heavy atom. The minimum Gasteiger partial charge on any atom is -0.477 e. The van der Waals surface area contributed by atoms with Crippen molar-refractivity contribution in [3.8, 4) is 0 Å². The molecular weight excluding hydrogens is 404 g/mol. The summed E-state index contributed by atoms with van der Waals surface area (Å²) in [6.07, 6.45) is 17.9. The molecular formula is C26H51N2O4+. The fraction of sp³-hybridized carbons (Fsp3) is 0.846. The van der Waals surface area contributed by atoms with E-state index < -0.39 is 12.0 Å². The Morgan fingerprint density at radius 2 is 1.53 bits per heavy atom. The normalized spacial score (nSPS) is 14.9. The van der Waals surface area contributed by atoms with Gasteiger partial charge in [-0.15, -0.1) is 0 Å². The van der Waals surface area contributed by atoms with Gasteiger partial charge in [0.05, 0.1) is 33.3 Å². The van der Waals surface area contributed by atoms with Crippen LogP contribution in [0, 0.1) is 0 Å². The highest BCUT2D eigenvalue weighted by Crippen LogP contribution is 2.13. The number of rotatable bonds is 20. The zero-order valence-electron chi connectivity index (χ0n) is 21.4. The number of hydrogen-bond acceptors (Lipinski definition) is 3. The molecule has 0 aromatic carbocycles. The predicted molar refractivity (Wildman–Crippen MR) is 133 cm³/mol. The van der Waals surface area contributed by atoms with Gasteiger partial charge >= 0.3 is 5.97 Å². The quantitative estimate of drug-likeness (QED) is 0.136. The van der Waals surface area contributed by atoms with Crippen LogP contribution in [0.1, 0.15) is 104 Å². The summed E-state index contributed by atoms with van der Waals surface area (Å²) in [5, 5.41) is 22.5.